The van der Waals surface area contributed by atoms with Crippen LogP contribution in [-0.4, -0.2) is 29.8 Å². The minimum Gasteiger partial charge on any atom is -0.391 e. The fourth-order valence-corrected chi connectivity index (χ4v) is 1.21. The van der Waals surface area contributed by atoms with Crippen LogP contribution in [0.15, 0.2) is 0 Å². The average Bonchev–Trinajstić information content (AvgIpc) is 2.04. The molecule has 1 rings (SSSR count). The molecule has 3 atom stereocenters. The Labute approximate surface area is 61.6 Å². The summed E-state index contributed by atoms with van der Waals surface area (Å²) in [6.45, 7) is 2.85. The lowest BCUT2D eigenvalue weighted by molar-refractivity contribution is 0.141. The van der Waals surface area contributed by atoms with Gasteiger partial charge in [-0.2, -0.15) is 0 Å². The summed E-state index contributed by atoms with van der Waals surface area (Å²) in [5.74, 6) is 0. The zero-order valence-corrected chi connectivity index (χ0v) is 6.38. The van der Waals surface area contributed by atoms with Gasteiger partial charge in [0.15, 0.2) is 0 Å². The molecule has 0 saturated carbocycles. The van der Waals surface area contributed by atoms with Gasteiger partial charge in [-0.05, 0) is 19.8 Å². The summed E-state index contributed by atoms with van der Waals surface area (Å²) >= 11 is 0. The van der Waals surface area contributed by atoms with Crippen molar-refractivity contribution in [1.82, 2.24) is 5.32 Å². The summed E-state index contributed by atoms with van der Waals surface area (Å²) in [5.41, 5.74) is 5.63. The molecule has 4 N–H and O–H groups in total. The molecule has 1 heterocycles. The Balaban J connectivity index is 2.38. The topological polar surface area (TPSA) is 58.3 Å². The second-order valence-corrected chi connectivity index (χ2v) is 3.12. The predicted molar refractivity (Wildman–Crippen MR) is 40.7 cm³/mol. The third kappa shape index (κ3) is 1.94. The normalized spacial score (nSPS) is 42.9. The highest BCUT2D eigenvalue weighted by Crippen LogP contribution is 2.07. The highest BCUT2D eigenvalue weighted by atomic mass is 16.3. The molecule has 3 nitrogen and oxygen atoms in total. The van der Waals surface area contributed by atoms with E-state index in [-0.39, 0.29) is 12.1 Å². The first-order chi connectivity index (χ1) is 4.70. The maximum Gasteiger partial charge on any atom is 0.0704 e. The van der Waals surface area contributed by atoms with Gasteiger partial charge in [0.25, 0.3) is 0 Å². The maximum atomic E-state index is 9.31. The number of aliphatic hydroxyl groups excluding tert-OH is 1. The fraction of sp³-hybridized carbons (Fsp3) is 1.00. The molecule has 0 aromatic heterocycles. The van der Waals surface area contributed by atoms with E-state index in [1.165, 1.54) is 0 Å². The van der Waals surface area contributed by atoms with Crippen LogP contribution in [0.3, 0.4) is 0 Å². The van der Waals surface area contributed by atoms with E-state index in [0.29, 0.717) is 6.04 Å². The van der Waals surface area contributed by atoms with Crippen molar-refractivity contribution >= 4 is 0 Å². The van der Waals surface area contributed by atoms with Crippen LogP contribution < -0.4 is 11.1 Å². The van der Waals surface area contributed by atoms with E-state index in [4.69, 9.17) is 5.73 Å². The van der Waals surface area contributed by atoms with E-state index < -0.39 is 0 Å². The monoisotopic (exact) mass is 144 g/mol. The standard InChI is InChI=1S/C7H16N2O/c1-5-2-3-7(10)6(8)4-9-5/h5-7,9-10H,2-4,8H2,1H3/t5-,6+,7?/m0/s1. The van der Waals surface area contributed by atoms with Gasteiger partial charge in [-0.1, -0.05) is 0 Å². The number of hydrogen-bond donors (Lipinski definition) is 3. The Hall–Kier alpha value is -0.120. The summed E-state index contributed by atoms with van der Waals surface area (Å²) in [7, 11) is 0. The fourth-order valence-electron chi connectivity index (χ4n) is 1.21. The van der Waals surface area contributed by atoms with Crippen molar-refractivity contribution in [2.45, 2.75) is 38.0 Å². The molecule has 0 bridgehead atoms. The molecule has 1 saturated heterocycles. The first-order valence-corrected chi connectivity index (χ1v) is 3.87. The SMILES string of the molecule is C[C@H]1CCC(O)[C@H](N)CN1. The van der Waals surface area contributed by atoms with E-state index in [1.54, 1.807) is 0 Å². The van der Waals surface area contributed by atoms with Gasteiger partial charge in [0.2, 0.25) is 0 Å². The van der Waals surface area contributed by atoms with Crippen LogP contribution in [-0.2, 0) is 0 Å². The van der Waals surface area contributed by atoms with Gasteiger partial charge in [-0.25, -0.2) is 0 Å². The second-order valence-electron chi connectivity index (χ2n) is 3.12. The lowest BCUT2D eigenvalue weighted by Gasteiger charge is -2.13. The van der Waals surface area contributed by atoms with Gasteiger partial charge in [-0.15, -0.1) is 0 Å². The third-order valence-electron chi connectivity index (χ3n) is 2.09. The summed E-state index contributed by atoms with van der Waals surface area (Å²) < 4.78 is 0. The molecule has 0 spiro atoms. The van der Waals surface area contributed by atoms with Gasteiger partial charge in [-0.3, -0.25) is 0 Å². The molecule has 0 aromatic carbocycles. The van der Waals surface area contributed by atoms with Crippen LogP contribution in [0.4, 0.5) is 0 Å². The highest BCUT2D eigenvalue weighted by molar-refractivity contribution is 4.80. The van der Waals surface area contributed by atoms with E-state index in [1.807, 2.05) is 0 Å². The van der Waals surface area contributed by atoms with Crippen LogP contribution in [0.5, 0.6) is 0 Å². The smallest absolute Gasteiger partial charge is 0.0704 e. The van der Waals surface area contributed by atoms with Crippen LogP contribution in [0, 0.1) is 0 Å². The molecule has 1 aliphatic rings. The number of rotatable bonds is 0. The largest absolute Gasteiger partial charge is 0.391 e. The molecule has 0 aromatic rings. The predicted octanol–water partition coefficient (Wildman–Crippen LogP) is -0.553. The quantitative estimate of drug-likeness (QED) is 0.427. The van der Waals surface area contributed by atoms with Crippen LogP contribution in [0.25, 0.3) is 0 Å². The average molecular weight is 144 g/mol. The molecular formula is C7H16N2O. The zero-order valence-electron chi connectivity index (χ0n) is 6.38. The third-order valence-corrected chi connectivity index (χ3v) is 2.09. The molecular weight excluding hydrogens is 128 g/mol. The molecule has 60 valence electrons. The Morgan fingerprint density at radius 3 is 2.90 bits per heavy atom. The number of nitrogens with two attached hydrogens (primary N) is 1. The van der Waals surface area contributed by atoms with Crippen LogP contribution in [0.1, 0.15) is 19.8 Å². The summed E-state index contributed by atoms with van der Waals surface area (Å²) in [5, 5.41) is 12.6. The van der Waals surface area contributed by atoms with Gasteiger partial charge in [0, 0.05) is 18.6 Å². The van der Waals surface area contributed by atoms with E-state index in [2.05, 4.69) is 12.2 Å². The molecule has 1 aliphatic heterocycles. The first kappa shape index (κ1) is 7.98. The summed E-state index contributed by atoms with van der Waals surface area (Å²) in [6, 6.07) is 0.424. The Kier molecular flexibility index (Phi) is 2.65. The lowest BCUT2D eigenvalue weighted by atomic mass is 10.1. The van der Waals surface area contributed by atoms with Crippen molar-refractivity contribution in [3.8, 4) is 0 Å². The summed E-state index contributed by atoms with van der Waals surface area (Å²) in [6.07, 6.45) is 1.54. The summed E-state index contributed by atoms with van der Waals surface area (Å²) in [4.78, 5) is 0. The van der Waals surface area contributed by atoms with Crippen molar-refractivity contribution < 1.29 is 5.11 Å². The Morgan fingerprint density at radius 1 is 1.50 bits per heavy atom. The molecule has 10 heavy (non-hydrogen) atoms. The molecule has 0 radical (unpaired) electrons. The highest BCUT2D eigenvalue weighted by Gasteiger charge is 2.19. The van der Waals surface area contributed by atoms with Crippen molar-refractivity contribution in [3.05, 3.63) is 0 Å². The van der Waals surface area contributed by atoms with Gasteiger partial charge < -0.3 is 16.2 Å². The molecule has 0 aliphatic carbocycles. The Bertz CT molecular complexity index is 95.8. The lowest BCUT2D eigenvalue weighted by Crippen LogP contribution is -2.41. The van der Waals surface area contributed by atoms with E-state index in [0.717, 1.165) is 19.4 Å². The molecule has 1 fully saturated rings. The van der Waals surface area contributed by atoms with Gasteiger partial charge in [0.05, 0.1) is 6.10 Å². The van der Waals surface area contributed by atoms with Crippen molar-refractivity contribution in [3.63, 3.8) is 0 Å². The minimum absolute atomic E-state index is 0.0788. The van der Waals surface area contributed by atoms with Crippen molar-refractivity contribution in [1.29, 1.82) is 0 Å². The minimum atomic E-state index is -0.308. The number of hydrogen-bond acceptors (Lipinski definition) is 3. The van der Waals surface area contributed by atoms with Crippen molar-refractivity contribution in [2.75, 3.05) is 6.54 Å². The van der Waals surface area contributed by atoms with Gasteiger partial charge in [0.1, 0.15) is 0 Å². The molecule has 1 unspecified atom stereocenters. The molecule has 0 amide bonds. The Morgan fingerprint density at radius 2 is 2.20 bits per heavy atom. The number of nitrogens with one attached hydrogen (secondary N) is 1. The first-order valence-electron chi connectivity index (χ1n) is 3.87. The maximum absolute atomic E-state index is 9.31. The number of aliphatic hydroxyl groups is 1. The van der Waals surface area contributed by atoms with Crippen molar-refractivity contribution in [2.24, 2.45) is 5.73 Å². The van der Waals surface area contributed by atoms with Gasteiger partial charge >= 0.3 is 0 Å². The van der Waals surface area contributed by atoms with Crippen LogP contribution in [0.2, 0.25) is 0 Å². The van der Waals surface area contributed by atoms with Crippen LogP contribution >= 0.6 is 0 Å². The zero-order chi connectivity index (χ0) is 7.56. The van der Waals surface area contributed by atoms with E-state index >= 15 is 0 Å². The molecule has 3 heteroatoms. The second kappa shape index (κ2) is 3.32. The van der Waals surface area contributed by atoms with E-state index in [9.17, 15) is 5.11 Å².